The van der Waals surface area contributed by atoms with E-state index < -0.39 is 5.60 Å². The molecule has 0 unspecified atom stereocenters. The van der Waals surface area contributed by atoms with E-state index in [9.17, 15) is 5.11 Å². The number of rotatable bonds is 6. The molecule has 0 amide bonds. The van der Waals surface area contributed by atoms with Crippen LogP contribution in [0.15, 0.2) is 60.0 Å². The minimum absolute atomic E-state index is 0.557. The van der Waals surface area contributed by atoms with E-state index in [1.165, 1.54) is 5.56 Å². The fourth-order valence-electron chi connectivity index (χ4n) is 4.63. The van der Waals surface area contributed by atoms with Crippen LogP contribution in [0.25, 0.3) is 16.9 Å². The maximum Gasteiger partial charge on any atom is 0.180 e. The average molecular weight is 455 g/mol. The molecular weight excluding hydrogens is 428 g/mol. The third-order valence-corrected chi connectivity index (χ3v) is 6.23. The molecule has 0 atom stereocenters. The Kier molecular flexibility index (Phi) is 4.77. The molecular formula is C26H26N6O2. The van der Waals surface area contributed by atoms with Gasteiger partial charge in [-0.3, -0.25) is 4.99 Å². The van der Waals surface area contributed by atoms with Crippen molar-refractivity contribution in [3.05, 3.63) is 66.1 Å². The fraction of sp³-hybridized carbons (Fsp3) is 0.269. The van der Waals surface area contributed by atoms with Gasteiger partial charge in [0.2, 0.25) is 0 Å². The van der Waals surface area contributed by atoms with Crippen molar-refractivity contribution in [2.75, 3.05) is 29.9 Å². The van der Waals surface area contributed by atoms with Crippen molar-refractivity contribution in [2.24, 2.45) is 4.99 Å². The molecule has 2 aromatic heterocycles. The third kappa shape index (κ3) is 3.66. The SMILES string of the molecule is CCOc1cc(Nc2nc(-c3ccc4c(c3)CN=C4)cn3ccnc23)ccc1N1CC(C)(O)C1. The first-order valence-corrected chi connectivity index (χ1v) is 11.5. The van der Waals surface area contributed by atoms with Crippen molar-refractivity contribution in [2.45, 2.75) is 26.0 Å². The lowest BCUT2D eigenvalue weighted by molar-refractivity contribution is 0.0307. The van der Waals surface area contributed by atoms with Crippen LogP contribution in [0.4, 0.5) is 17.2 Å². The van der Waals surface area contributed by atoms with Crippen molar-refractivity contribution in [3.63, 3.8) is 0 Å². The highest BCUT2D eigenvalue weighted by Crippen LogP contribution is 2.37. The van der Waals surface area contributed by atoms with Crippen LogP contribution in [0, 0.1) is 0 Å². The van der Waals surface area contributed by atoms with Crippen LogP contribution < -0.4 is 15.0 Å². The summed E-state index contributed by atoms with van der Waals surface area (Å²) in [5.41, 5.74) is 6.20. The van der Waals surface area contributed by atoms with E-state index in [-0.39, 0.29) is 0 Å². The number of fused-ring (bicyclic) bond motifs is 2. The maximum atomic E-state index is 10.1. The molecule has 2 aliphatic heterocycles. The van der Waals surface area contributed by atoms with Crippen LogP contribution in [0.5, 0.6) is 5.75 Å². The second-order valence-corrected chi connectivity index (χ2v) is 9.11. The number of hydrogen-bond acceptors (Lipinski definition) is 7. The molecule has 0 radical (unpaired) electrons. The smallest absolute Gasteiger partial charge is 0.180 e. The van der Waals surface area contributed by atoms with Gasteiger partial charge in [-0.2, -0.15) is 0 Å². The van der Waals surface area contributed by atoms with Crippen LogP contribution in [0.1, 0.15) is 25.0 Å². The number of nitrogens with zero attached hydrogens (tertiary/aromatic N) is 5. The molecule has 0 aliphatic carbocycles. The zero-order valence-electron chi connectivity index (χ0n) is 19.2. The first kappa shape index (κ1) is 20.7. The van der Waals surface area contributed by atoms with E-state index in [2.05, 4.69) is 38.4 Å². The van der Waals surface area contributed by atoms with Crippen LogP contribution in [0.3, 0.4) is 0 Å². The van der Waals surface area contributed by atoms with Gasteiger partial charge in [-0.15, -0.1) is 0 Å². The number of aliphatic hydroxyl groups is 1. The molecule has 2 N–H and O–H groups in total. The van der Waals surface area contributed by atoms with Crippen molar-refractivity contribution in [1.29, 1.82) is 0 Å². The number of aliphatic imine (C=N–C) groups is 1. The minimum Gasteiger partial charge on any atom is -0.492 e. The van der Waals surface area contributed by atoms with E-state index in [0.717, 1.165) is 39.6 Å². The highest BCUT2D eigenvalue weighted by atomic mass is 16.5. The quantitative estimate of drug-likeness (QED) is 0.457. The standard InChI is InChI=1S/C26H26N6O2/c1-3-34-23-11-20(6-7-22(23)32-15-26(2,33)16-32)29-24-25-28-8-9-31(25)14-21(30-24)17-4-5-18-12-27-13-19(18)10-17/h4-12,14,33H,3,13,15-16H2,1-2H3,(H,29,30). The van der Waals surface area contributed by atoms with E-state index in [1.54, 1.807) is 6.20 Å². The van der Waals surface area contributed by atoms with E-state index in [1.807, 2.05) is 55.1 Å². The molecule has 0 spiro atoms. The molecule has 34 heavy (non-hydrogen) atoms. The molecule has 2 aliphatic rings. The van der Waals surface area contributed by atoms with Gasteiger partial charge in [-0.25, -0.2) is 9.97 Å². The monoisotopic (exact) mass is 454 g/mol. The summed E-state index contributed by atoms with van der Waals surface area (Å²) < 4.78 is 7.91. The molecule has 4 heterocycles. The van der Waals surface area contributed by atoms with Gasteiger partial charge in [-0.05, 0) is 43.2 Å². The van der Waals surface area contributed by atoms with Crippen LogP contribution in [-0.2, 0) is 6.54 Å². The molecule has 8 heteroatoms. The van der Waals surface area contributed by atoms with Crippen LogP contribution >= 0.6 is 0 Å². The molecule has 4 aromatic rings. The van der Waals surface area contributed by atoms with Gasteiger partial charge in [0.15, 0.2) is 11.5 Å². The molecule has 6 rings (SSSR count). The fourth-order valence-corrected chi connectivity index (χ4v) is 4.63. The average Bonchev–Trinajstić information content (AvgIpc) is 3.47. The van der Waals surface area contributed by atoms with Crippen molar-refractivity contribution in [3.8, 4) is 17.0 Å². The zero-order chi connectivity index (χ0) is 23.3. The van der Waals surface area contributed by atoms with Gasteiger partial charge >= 0.3 is 0 Å². The minimum atomic E-state index is -0.652. The Morgan fingerprint density at radius 1 is 1.18 bits per heavy atom. The maximum absolute atomic E-state index is 10.1. The summed E-state index contributed by atoms with van der Waals surface area (Å²) in [7, 11) is 0. The summed E-state index contributed by atoms with van der Waals surface area (Å²) in [6, 6.07) is 12.3. The Hall–Kier alpha value is -3.91. The largest absolute Gasteiger partial charge is 0.492 e. The molecule has 172 valence electrons. The molecule has 0 bridgehead atoms. The number of β-amino-alcohol motifs (C(OH)–C–C–N with tert-alkyl or cyclic N) is 1. The Labute approximate surface area is 197 Å². The molecule has 2 aromatic carbocycles. The van der Waals surface area contributed by atoms with Gasteiger partial charge in [0.05, 0.1) is 30.1 Å². The second-order valence-electron chi connectivity index (χ2n) is 9.11. The summed E-state index contributed by atoms with van der Waals surface area (Å²) in [5.74, 6) is 1.44. The Balaban J connectivity index is 1.35. The number of nitrogens with one attached hydrogen (secondary N) is 1. The normalized spacial score (nSPS) is 15.9. The topological polar surface area (TPSA) is 87.3 Å². The van der Waals surface area contributed by atoms with Gasteiger partial charge in [0.1, 0.15) is 5.75 Å². The van der Waals surface area contributed by atoms with Gasteiger partial charge in [0, 0.05) is 55.2 Å². The van der Waals surface area contributed by atoms with Crippen LogP contribution in [0.2, 0.25) is 0 Å². The lowest BCUT2D eigenvalue weighted by atomic mass is 9.96. The lowest BCUT2D eigenvalue weighted by Gasteiger charge is -2.46. The highest BCUT2D eigenvalue weighted by Gasteiger charge is 2.37. The van der Waals surface area contributed by atoms with E-state index in [4.69, 9.17) is 9.72 Å². The lowest BCUT2D eigenvalue weighted by Crippen LogP contribution is -2.60. The Morgan fingerprint density at radius 3 is 2.88 bits per heavy atom. The Bertz CT molecular complexity index is 1420. The summed E-state index contributed by atoms with van der Waals surface area (Å²) in [5, 5.41) is 13.6. The number of aromatic nitrogens is 3. The summed E-state index contributed by atoms with van der Waals surface area (Å²) in [6.07, 6.45) is 7.61. The Morgan fingerprint density at radius 2 is 2.06 bits per heavy atom. The van der Waals surface area contributed by atoms with Crippen molar-refractivity contribution < 1.29 is 9.84 Å². The predicted molar refractivity (Wildman–Crippen MR) is 133 cm³/mol. The van der Waals surface area contributed by atoms with Gasteiger partial charge in [0.25, 0.3) is 0 Å². The predicted octanol–water partition coefficient (Wildman–Crippen LogP) is 4.04. The molecule has 8 nitrogen and oxygen atoms in total. The summed E-state index contributed by atoms with van der Waals surface area (Å²) in [4.78, 5) is 15.9. The summed E-state index contributed by atoms with van der Waals surface area (Å²) >= 11 is 0. The van der Waals surface area contributed by atoms with Crippen LogP contribution in [-0.4, -0.2) is 51.0 Å². The zero-order valence-corrected chi connectivity index (χ0v) is 19.2. The third-order valence-electron chi connectivity index (χ3n) is 6.23. The second kappa shape index (κ2) is 7.85. The first-order valence-electron chi connectivity index (χ1n) is 11.5. The summed E-state index contributed by atoms with van der Waals surface area (Å²) in [6.45, 7) is 6.26. The van der Waals surface area contributed by atoms with Crippen molar-refractivity contribution >= 4 is 29.1 Å². The number of ether oxygens (including phenoxy) is 1. The van der Waals surface area contributed by atoms with Gasteiger partial charge in [-0.1, -0.05) is 12.1 Å². The van der Waals surface area contributed by atoms with E-state index >= 15 is 0 Å². The number of imidazole rings is 1. The molecule has 1 fully saturated rings. The molecule has 1 saturated heterocycles. The van der Waals surface area contributed by atoms with E-state index in [0.29, 0.717) is 32.1 Å². The number of hydrogen-bond donors (Lipinski definition) is 2. The van der Waals surface area contributed by atoms with Crippen molar-refractivity contribution in [1.82, 2.24) is 14.4 Å². The number of benzene rings is 2. The highest BCUT2D eigenvalue weighted by molar-refractivity contribution is 5.86. The number of anilines is 3. The molecule has 0 saturated carbocycles. The first-order chi connectivity index (χ1) is 16.5. The van der Waals surface area contributed by atoms with Gasteiger partial charge < -0.3 is 24.5 Å².